The van der Waals surface area contributed by atoms with E-state index in [1.165, 1.54) is 34.1 Å². The molecule has 0 saturated carbocycles. The molecule has 0 fully saturated rings. The number of anilines is 1. The van der Waals surface area contributed by atoms with E-state index in [-0.39, 0.29) is 24.9 Å². The fraction of sp³-hybridized carbons (Fsp3) is 0.381. The number of nitrogens with zero attached hydrogens (tertiary/aromatic N) is 1. The zero-order valence-electron chi connectivity index (χ0n) is 16.7. The Morgan fingerprint density at radius 3 is 2.36 bits per heavy atom. The number of hydrogen-bond donors (Lipinski definition) is 1. The molecule has 1 atom stereocenters. The topological polar surface area (TPSA) is 66.5 Å². The molecule has 152 valence electrons. The monoisotopic (exact) mass is 406 g/mol. The lowest BCUT2D eigenvalue weighted by Crippen LogP contribution is -2.32. The summed E-state index contributed by atoms with van der Waals surface area (Å²) < 4.78 is 38.4. The smallest absolute Gasteiger partial charge is 0.232 e. The van der Waals surface area contributed by atoms with Gasteiger partial charge in [-0.15, -0.1) is 0 Å². The van der Waals surface area contributed by atoms with Crippen LogP contribution in [0.15, 0.2) is 42.5 Å². The van der Waals surface area contributed by atoms with Gasteiger partial charge in [-0.3, -0.25) is 9.10 Å². The lowest BCUT2D eigenvalue weighted by molar-refractivity contribution is -0.121. The van der Waals surface area contributed by atoms with Gasteiger partial charge >= 0.3 is 0 Å². The van der Waals surface area contributed by atoms with E-state index in [1.807, 2.05) is 32.9 Å². The van der Waals surface area contributed by atoms with Gasteiger partial charge in [0.15, 0.2) is 0 Å². The second-order valence-electron chi connectivity index (χ2n) is 7.06. The number of aryl methyl sites for hydroxylation is 2. The van der Waals surface area contributed by atoms with Crippen LogP contribution in [0.2, 0.25) is 0 Å². The van der Waals surface area contributed by atoms with E-state index in [2.05, 4.69) is 11.4 Å². The molecule has 0 unspecified atom stereocenters. The summed E-state index contributed by atoms with van der Waals surface area (Å²) in [4.78, 5) is 12.3. The molecule has 7 heteroatoms. The molecule has 0 saturated heterocycles. The van der Waals surface area contributed by atoms with Gasteiger partial charge in [0.25, 0.3) is 0 Å². The Kier molecular flexibility index (Phi) is 7.18. The molecule has 0 aliphatic heterocycles. The largest absolute Gasteiger partial charge is 0.350 e. The molecule has 1 N–H and O–H groups in total. The average molecular weight is 407 g/mol. The van der Waals surface area contributed by atoms with Crippen molar-refractivity contribution in [3.63, 3.8) is 0 Å². The van der Waals surface area contributed by atoms with Crippen LogP contribution in [0, 0.1) is 19.7 Å². The fourth-order valence-corrected chi connectivity index (χ4v) is 4.15. The summed E-state index contributed by atoms with van der Waals surface area (Å²) in [5, 5.41) is 2.96. The highest BCUT2D eigenvalue weighted by atomic mass is 32.2. The third-order valence-electron chi connectivity index (χ3n) is 4.55. The Labute approximate surface area is 166 Å². The first kappa shape index (κ1) is 21.9. The minimum atomic E-state index is -3.53. The van der Waals surface area contributed by atoms with Gasteiger partial charge in [-0.1, -0.05) is 23.8 Å². The quantitative estimate of drug-likeness (QED) is 0.724. The van der Waals surface area contributed by atoms with Gasteiger partial charge in [0, 0.05) is 13.0 Å². The van der Waals surface area contributed by atoms with E-state index in [4.69, 9.17) is 0 Å². The first-order valence-corrected chi connectivity index (χ1v) is 11.0. The molecule has 2 aromatic rings. The second-order valence-corrected chi connectivity index (χ2v) is 8.97. The maximum Gasteiger partial charge on any atom is 0.232 e. The standard InChI is InChI=1S/C21H27FN2O3S/c1-15-7-12-20(16(2)14-15)17(3)23-21(25)6-5-13-24(28(4,26)27)19-10-8-18(22)9-11-19/h7-12,14,17H,5-6,13H2,1-4H3,(H,23,25)/t17-/m0/s1. The molecule has 2 aromatic carbocycles. The first-order chi connectivity index (χ1) is 13.1. The Morgan fingerprint density at radius 2 is 1.79 bits per heavy atom. The molecule has 28 heavy (non-hydrogen) atoms. The summed E-state index contributed by atoms with van der Waals surface area (Å²) in [5.41, 5.74) is 3.73. The van der Waals surface area contributed by atoms with Crippen LogP contribution in [0.3, 0.4) is 0 Å². The van der Waals surface area contributed by atoms with Gasteiger partial charge in [0.2, 0.25) is 15.9 Å². The maximum atomic E-state index is 13.1. The molecule has 2 rings (SSSR count). The molecule has 0 spiro atoms. The number of carbonyl (C=O) groups is 1. The van der Waals surface area contributed by atoms with Crippen molar-refractivity contribution < 1.29 is 17.6 Å². The number of hydrogen-bond acceptors (Lipinski definition) is 3. The maximum absolute atomic E-state index is 13.1. The second kappa shape index (κ2) is 9.19. The van der Waals surface area contributed by atoms with E-state index in [1.54, 1.807) is 0 Å². The van der Waals surface area contributed by atoms with Crippen LogP contribution < -0.4 is 9.62 Å². The Hall–Kier alpha value is -2.41. The summed E-state index contributed by atoms with van der Waals surface area (Å²) >= 11 is 0. The van der Waals surface area contributed by atoms with Crippen molar-refractivity contribution in [3.05, 3.63) is 65.0 Å². The summed E-state index contributed by atoms with van der Waals surface area (Å²) in [7, 11) is -3.53. The van der Waals surface area contributed by atoms with Crippen molar-refractivity contribution in [1.29, 1.82) is 0 Å². The molecule has 0 heterocycles. The minimum Gasteiger partial charge on any atom is -0.350 e. The van der Waals surface area contributed by atoms with Gasteiger partial charge in [-0.2, -0.15) is 0 Å². The summed E-state index contributed by atoms with van der Waals surface area (Å²) in [6, 6.07) is 11.2. The zero-order valence-corrected chi connectivity index (χ0v) is 17.5. The highest BCUT2D eigenvalue weighted by Gasteiger charge is 2.18. The molecule has 0 radical (unpaired) electrons. The van der Waals surface area contributed by atoms with E-state index in [0.29, 0.717) is 12.1 Å². The molecule has 5 nitrogen and oxygen atoms in total. The van der Waals surface area contributed by atoms with Gasteiger partial charge < -0.3 is 5.32 Å². The number of rotatable bonds is 8. The van der Waals surface area contributed by atoms with Crippen LogP contribution in [0.4, 0.5) is 10.1 Å². The van der Waals surface area contributed by atoms with Crippen LogP contribution in [0.5, 0.6) is 0 Å². The first-order valence-electron chi connectivity index (χ1n) is 9.17. The van der Waals surface area contributed by atoms with E-state index in [0.717, 1.165) is 17.4 Å². The number of carbonyl (C=O) groups excluding carboxylic acids is 1. The SMILES string of the molecule is Cc1ccc([C@H](C)NC(=O)CCCN(c2ccc(F)cc2)S(C)(=O)=O)c(C)c1. The highest BCUT2D eigenvalue weighted by molar-refractivity contribution is 7.92. The van der Waals surface area contributed by atoms with E-state index < -0.39 is 15.8 Å². The Morgan fingerprint density at radius 1 is 1.14 bits per heavy atom. The molecule has 0 aromatic heterocycles. The van der Waals surface area contributed by atoms with Crippen molar-refractivity contribution in [1.82, 2.24) is 5.32 Å². The van der Waals surface area contributed by atoms with E-state index in [9.17, 15) is 17.6 Å². The predicted octanol–water partition coefficient (Wildman–Crippen LogP) is 3.87. The van der Waals surface area contributed by atoms with E-state index >= 15 is 0 Å². The van der Waals surface area contributed by atoms with Gasteiger partial charge in [-0.25, -0.2) is 12.8 Å². The van der Waals surface area contributed by atoms with Gasteiger partial charge in [-0.05, 0) is 62.6 Å². The normalized spacial score (nSPS) is 12.5. The fourth-order valence-electron chi connectivity index (χ4n) is 3.18. The van der Waals surface area contributed by atoms with Crippen LogP contribution in [0.1, 0.15) is 42.5 Å². The van der Waals surface area contributed by atoms with Gasteiger partial charge in [0.05, 0.1) is 18.0 Å². The summed E-state index contributed by atoms with van der Waals surface area (Å²) in [6.45, 7) is 6.11. The molecule has 0 aliphatic carbocycles. The third kappa shape index (κ3) is 6.05. The summed E-state index contributed by atoms with van der Waals surface area (Å²) in [6.07, 6.45) is 1.65. The van der Waals surface area contributed by atoms with Crippen LogP contribution in [-0.2, 0) is 14.8 Å². The zero-order chi connectivity index (χ0) is 20.9. The minimum absolute atomic E-state index is 0.129. The van der Waals surface area contributed by atoms with Crippen molar-refractivity contribution >= 4 is 21.6 Å². The summed E-state index contributed by atoms with van der Waals surface area (Å²) in [5.74, 6) is -0.572. The predicted molar refractivity (Wildman–Crippen MR) is 110 cm³/mol. The highest BCUT2D eigenvalue weighted by Crippen LogP contribution is 2.20. The van der Waals surface area contributed by atoms with Crippen LogP contribution in [0.25, 0.3) is 0 Å². The number of benzene rings is 2. The molecule has 0 bridgehead atoms. The molecule has 0 aliphatic rings. The number of sulfonamides is 1. The Balaban J connectivity index is 1.94. The van der Waals surface area contributed by atoms with Gasteiger partial charge in [0.1, 0.15) is 5.82 Å². The number of amides is 1. The lowest BCUT2D eigenvalue weighted by Gasteiger charge is -2.22. The van der Waals surface area contributed by atoms with Crippen LogP contribution >= 0.6 is 0 Å². The number of nitrogens with one attached hydrogen (secondary N) is 1. The van der Waals surface area contributed by atoms with Crippen molar-refractivity contribution in [3.8, 4) is 0 Å². The van der Waals surface area contributed by atoms with Crippen molar-refractivity contribution in [2.75, 3.05) is 17.1 Å². The third-order valence-corrected chi connectivity index (χ3v) is 5.74. The molecule has 1 amide bonds. The molecular formula is C21H27FN2O3S. The number of halogens is 1. The Bertz CT molecular complexity index is 927. The average Bonchev–Trinajstić information content (AvgIpc) is 2.58. The molecular weight excluding hydrogens is 379 g/mol. The van der Waals surface area contributed by atoms with Crippen molar-refractivity contribution in [2.24, 2.45) is 0 Å². The lowest BCUT2D eigenvalue weighted by atomic mass is 10.00. The van der Waals surface area contributed by atoms with Crippen molar-refractivity contribution in [2.45, 2.75) is 39.7 Å². The van der Waals surface area contributed by atoms with Crippen LogP contribution in [-0.4, -0.2) is 27.1 Å².